The van der Waals surface area contributed by atoms with Crippen molar-refractivity contribution in [3.8, 4) is 0 Å². The molecular formula is C16H18N2O3S. The minimum atomic E-state index is -1.10. The maximum absolute atomic E-state index is 12.2. The number of aromatic nitrogens is 1. The summed E-state index contributed by atoms with van der Waals surface area (Å²) >= 11 is 1.26. The molecule has 0 aliphatic heterocycles. The van der Waals surface area contributed by atoms with Crippen LogP contribution in [0.2, 0.25) is 0 Å². The third-order valence-corrected chi connectivity index (χ3v) is 4.34. The van der Waals surface area contributed by atoms with E-state index >= 15 is 0 Å². The quantitative estimate of drug-likeness (QED) is 0.879. The first kappa shape index (κ1) is 16.2. The Kier molecular flexibility index (Phi) is 4.61. The minimum absolute atomic E-state index is 0.147. The van der Waals surface area contributed by atoms with Gasteiger partial charge in [0.05, 0.1) is 11.2 Å². The van der Waals surface area contributed by atoms with Crippen molar-refractivity contribution in [1.29, 1.82) is 0 Å². The Balaban J connectivity index is 2.19. The first-order chi connectivity index (χ1) is 10.3. The Hall–Kier alpha value is -2.21. The van der Waals surface area contributed by atoms with Crippen molar-refractivity contribution in [1.82, 2.24) is 4.98 Å². The first-order valence-electron chi connectivity index (χ1n) is 6.80. The zero-order valence-electron chi connectivity index (χ0n) is 12.7. The fourth-order valence-corrected chi connectivity index (χ4v) is 2.66. The number of hydrogen-bond acceptors (Lipinski definition) is 5. The summed E-state index contributed by atoms with van der Waals surface area (Å²) in [5.74, 6) is -1.30. The molecule has 2 aromatic rings. The van der Waals surface area contributed by atoms with Crippen LogP contribution in [-0.2, 0) is 14.9 Å². The number of amides is 1. The van der Waals surface area contributed by atoms with E-state index in [-0.39, 0.29) is 5.41 Å². The molecule has 1 unspecified atom stereocenters. The topological polar surface area (TPSA) is 82.3 Å². The summed E-state index contributed by atoms with van der Waals surface area (Å²) in [5, 5.41) is 0.829. The smallest absolute Gasteiger partial charge is 0.351 e. The average molecular weight is 318 g/mol. The lowest BCUT2D eigenvalue weighted by Gasteiger charge is -2.15. The van der Waals surface area contributed by atoms with E-state index in [9.17, 15) is 9.59 Å². The van der Waals surface area contributed by atoms with E-state index in [2.05, 4.69) is 4.98 Å². The predicted molar refractivity (Wildman–Crippen MR) is 84.6 cm³/mol. The van der Waals surface area contributed by atoms with E-state index in [1.165, 1.54) is 17.5 Å². The van der Waals surface area contributed by atoms with Crippen LogP contribution in [0.4, 0.5) is 0 Å². The highest BCUT2D eigenvalue weighted by atomic mass is 32.1. The Morgan fingerprint density at radius 2 is 1.86 bits per heavy atom. The summed E-state index contributed by atoms with van der Waals surface area (Å²) in [7, 11) is 0. The third-order valence-electron chi connectivity index (χ3n) is 2.93. The molecule has 0 aliphatic carbocycles. The Labute approximate surface area is 133 Å². The van der Waals surface area contributed by atoms with Gasteiger partial charge in [-0.25, -0.2) is 9.78 Å². The molecule has 0 aliphatic rings. The van der Waals surface area contributed by atoms with Crippen LogP contribution in [0.25, 0.3) is 0 Å². The number of esters is 1. The van der Waals surface area contributed by atoms with E-state index in [1.807, 2.05) is 26.8 Å². The number of primary amides is 1. The molecule has 0 spiro atoms. The Bertz CT molecular complexity index is 674. The molecule has 5 nitrogen and oxygen atoms in total. The van der Waals surface area contributed by atoms with Crippen LogP contribution in [0.3, 0.4) is 0 Å². The number of nitrogens with zero attached hydrogens (tertiary/aromatic N) is 1. The molecule has 1 heterocycles. The summed E-state index contributed by atoms with van der Waals surface area (Å²) in [4.78, 5) is 28.4. The predicted octanol–water partition coefficient (Wildman–Crippen LogP) is 2.82. The van der Waals surface area contributed by atoms with Crippen LogP contribution < -0.4 is 5.73 Å². The average Bonchev–Trinajstić information content (AvgIpc) is 2.95. The highest BCUT2D eigenvalue weighted by Gasteiger charge is 2.26. The van der Waals surface area contributed by atoms with Gasteiger partial charge in [0.25, 0.3) is 5.91 Å². The molecule has 1 amide bonds. The van der Waals surface area contributed by atoms with Crippen LogP contribution in [0.15, 0.2) is 36.5 Å². The van der Waals surface area contributed by atoms with E-state index < -0.39 is 18.0 Å². The van der Waals surface area contributed by atoms with Crippen LogP contribution in [0.1, 0.15) is 47.1 Å². The van der Waals surface area contributed by atoms with Gasteiger partial charge in [-0.3, -0.25) is 4.79 Å². The van der Waals surface area contributed by atoms with Crippen molar-refractivity contribution in [2.75, 3.05) is 0 Å². The number of rotatable bonds is 4. The maximum Gasteiger partial charge on any atom is 0.351 e. The monoisotopic (exact) mass is 318 g/mol. The van der Waals surface area contributed by atoms with Crippen molar-refractivity contribution >= 4 is 23.2 Å². The van der Waals surface area contributed by atoms with Gasteiger partial charge in [-0.05, 0) is 0 Å². The van der Waals surface area contributed by atoms with Gasteiger partial charge in [0, 0.05) is 11.0 Å². The zero-order valence-corrected chi connectivity index (χ0v) is 13.5. The number of thiazole rings is 1. The Morgan fingerprint density at radius 3 is 2.36 bits per heavy atom. The van der Waals surface area contributed by atoms with Gasteiger partial charge in [-0.2, -0.15) is 0 Å². The molecule has 116 valence electrons. The molecule has 0 fully saturated rings. The van der Waals surface area contributed by atoms with Gasteiger partial charge in [-0.15, -0.1) is 11.3 Å². The highest BCUT2D eigenvalue weighted by molar-refractivity contribution is 7.13. The van der Waals surface area contributed by atoms with Crippen molar-refractivity contribution < 1.29 is 14.3 Å². The molecule has 22 heavy (non-hydrogen) atoms. The van der Waals surface area contributed by atoms with Crippen LogP contribution >= 0.6 is 11.3 Å². The van der Waals surface area contributed by atoms with Crippen molar-refractivity contribution in [3.05, 3.63) is 52.0 Å². The second-order valence-corrected chi connectivity index (χ2v) is 6.91. The Morgan fingerprint density at radius 1 is 1.23 bits per heavy atom. The van der Waals surface area contributed by atoms with E-state index in [0.717, 1.165) is 5.01 Å². The minimum Gasteiger partial charge on any atom is -0.443 e. The third kappa shape index (κ3) is 3.71. The lowest BCUT2D eigenvalue weighted by Crippen LogP contribution is -2.26. The summed E-state index contributed by atoms with van der Waals surface area (Å²) < 4.78 is 5.27. The molecule has 2 rings (SSSR count). The molecular weight excluding hydrogens is 300 g/mol. The van der Waals surface area contributed by atoms with Gasteiger partial charge in [-0.1, -0.05) is 51.1 Å². The van der Waals surface area contributed by atoms with Crippen LogP contribution in [-0.4, -0.2) is 16.9 Å². The van der Waals surface area contributed by atoms with Crippen LogP contribution in [0.5, 0.6) is 0 Å². The first-order valence-corrected chi connectivity index (χ1v) is 7.62. The summed E-state index contributed by atoms with van der Waals surface area (Å²) in [6.45, 7) is 6.03. The normalized spacial score (nSPS) is 12.7. The molecule has 6 heteroatoms. The van der Waals surface area contributed by atoms with Crippen molar-refractivity contribution in [3.63, 3.8) is 0 Å². The number of hydrogen-bond donors (Lipinski definition) is 1. The van der Waals surface area contributed by atoms with Gasteiger partial charge in [0.15, 0.2) is 0 Å². The van der Waals surface area contributed by atoms with E-state index in [4.69, 9.17) is 10.5 Å². The van der Waals surface area contributed by atoms with Gasteiger partial charge in [0.2, 0.25) is 6.10 Å². The maximum atomic E-state index is 12.2. The molecule has 0 saturated carbocycles. The van der Waals surface area contributed by atoms with E-state index in [0.29, 0.717) is 10.4 Å². The lowest BCUT2D eigenvalue weighted by molar-refractivity contribution is -0.127. The number of nitrogens with two attached hydrogens (primary N) is 1. The molecule has 1 aromatic carbocycles. The number of benzene rings is 1. The molecule has 0 saturated heterocycles. The number of ether oxygens (including phenoxy) is 1. The van der Waals surface area contributed by atoms with Crippen molar-refractivity contribution in [2.24, 2.45) is 5.73 Å². The summed E-state index contributed by atoms with van der Waals surface area (Å²) in [5.41, 5.74) is 5.74. The SMILES string of the molecule is CC(C)(C)c1ncc(C(=O)OC(C(N)=O)c2ccccc2)s1. The lowest BCUT2D eigenvalue weighted by atomic mass is 9.98. The summed E-state index contributed by atoms with van der Waals surface area (Å²) in [6, 6.07) is 8.70. The van der Waals surface area contributed by atoms with Crippen molar-refractivity contribution in [2.45, 2.75) is 32.3 Å². The molecule has 0 bridgehead atoms. The second-order valence-electron chi connectivity index (χ2n) is 5.88. The molecule has 1 aromatic heterocycles. The largest absolute Gasteiger partial charge is 0.443 e. The zero-order chi connectivity index (χ0) is 16.3. The fraction of sp³-hybridized carbons (Fsp3) is 0.312. The number of carbonyl (C=O) groups is 2. The van der Waals surface area contributed by atoms with Gasteiger partial charge < -0.3 is 10.5 Å². The molecule has 2 N–H and O–H groups in total. The van der Waals surface area contributed by atoms with Gasteiger partial charge >= 0.3 is 5.97 Å². The molecule has 0 radical (unpaired) electrons. The van der Waals surface area contributed by atoms with E-state index in [1.54, 1.807) is 24.3 Å². The second kappa shape index (κ2) is 6.27. The molecule has 1 atom stereocenters. The standard InChI is InChI=1S/C16H18N2O3S/c1-16(2,3)15-18-9-11(22-15)14(20)21-12(13(17)19)10-7-5-4-6-8-10/h4-9,12H,1-3H3,(H2,17,19). The van der Waals surface area contributed by atoms with Gasteiger partial charge in [0.1, 0.15) is 4.88 Å². The number of carbonyl (C=O) groups excluding carboxylic acids is 2. The highest BCUT2D eigenvalue weighted by Crippen LogP contribution is 2.28. The van der Waals surface area contributed by atoms with Crippen LogP contribution in [0, 0.1) is 0 Å². The summed E-state index contributed by atoms with van der Waals surface area (Å²) in [6.07, 6.45) is 0.366. The fourth-order valence-electron chi connectivity index (χ4n) is 1.80.